The fraction of sp³-hybridized carbons (Fsp3) is 0.143. The molecule has 0 aliphatic carbocycles. The molecule has 2 aromatic rings. The van der Waals surface area contributed by atoms with Crippen molar-refractivity contribution in [2.45, 2.75) is 6.92 Å². The van der Waals surface area contributed by atoms with Gasteiger partial charge in [0.1, 0.15) is 10.9 Å². The fourth-order valence-corrected chi connectivity index (χ4v) is 1.99. The predicted molar refractivity (Wildman–Crippen MR) is 72.9 cm³/mol. The van der Waals surface area contributed by atoms with Crippen molar-refractivity contribution in [2.75, 3.05) is 7.11 Å². The third-order valence-electron chi connectivity index (χ3n) is 2.67. The van der Waals surface area contributed by atoms with Crippen molar-refractivity contribution >= 4 is 17.6 Å². The quantitative estimate of drug-likeness (QED) is 0.874. The molecule has 0 amide bonds. The Kier molecular flexibility index (Phi) is 3.71. The molecule has 0 radical (unpaired) electrons. The molecule has 0 spiro atoms. The lowest BCUT2D eigenvalue weighted by Gasteiger charge is -2.10. The van der Waals surface area contributed by atoms with Crippen LogP contribution in [-0.4, -0.2) is 23.2 Å². The van der Waals surface area contributed by atoms with Crippen LogP contribution in [0.2, 0.25) is 5.15 Å². The van der Waals surface area contributed by atoms with E-state index in [-0.39, 0.29) is 10.7 Å². The molecule has 0 atom stereocenters. The highest BCUT2D eigenvalue weighted by molar-refractivity contribution is 6.29. The summed E-state index contributed by atoms with van der Waals surface area (Å²) in [6.45, 7) is 1.94. The average Bonchev–Trinajstić information content (AvgIpc) is 2.37. The molecule has 19 heavy (non-hydrogen) atoms. The molecular formula is C14H12ClNO3. The summed E-state index contributed by atoms with van der Waals surface area (Å²) in [5.41, 5.74) is 2.31. The summed E-state index contributed by atoms with van der Waals surface area (Å²) in [6.07, 6.45) is 0. The highest BCUT2D eigenvalue weighted by atomic mass is 35.5. The Labute approximate surface area is 115 Å². The summed E-state index contributed by atoms with van der Waals surface area (Å²) in [5.74, 6) is -0.422. The smallest absolute Gasteiger partial charge is 0.335 e. The van der Waals surface area contributed by atoms with E-state index < -0.39 is 5.97 Å². The number of methoxy groups -OCH3 is 1. The number of aryl methyl sites for hydroxylation is 1. The number of hydrogen-bond acceptors (Lipinski definition) is 3. The molecular weight excluding hydrogens is 266 g/mol. The molecule has 0 unspecified atom stereocenters. The number of carboxylic acid groups (broad SMARTS) is 1. The molecule has 1 aromatic carbocycles. The van der Waals surface area contributed by atoms with Crippen molar-refractivity contribution in [1.29, 1.82) is 0 Å². The number of carboxylic acids is 1. The van der Waals surface area contributed by atoms with E-state index in [0.717, 1.165) is 5.56 Å². The van der Waals surface area contributed by atoms with Gasteiger partial charge in [0.25, 0.3) is 0 Å². The first kappa shape index (κ1) is 13.4. The number of nitrogens with zero attached hydrogens (tertiary/aromatic N) is 1. The van der Waals surface area contributed by atoms with Crippen LogP contribution >= 0.6 is 11.6 Å². The normalized spacial score (nSPS) is 10.3. The first-order valence-corrected chi connectivity index (χ1v) is 5.95. The molecule has 0 aliphatic rings. The Balaban J connectivity index is 2.64. The summed E-state index contributed by atoms with van der Waals surface area (Å²) in [4.78, 5) is 15.2. The summed E-state index contributed by atoms with van der Waals surface area (Å²) in [6, 6.07) is 8.39. The maximum Gasteiger partial charge on any atom is 0.335 e. The maximum absolute atomic E-state index is 11.0. The second kappa shape index (κ2) is 5.28. The predicted octanol–water partition coefficient (Wildman–Crippen LogP) is 3.42. The average molecular weight is 278 g/mol. The van der Waals surface area contributed by atoms with Crippen LogP contribution < -0.4 is 4.74 Å². The summed E-state index contributed by atoms with van der Waals surface area (Å²) < 4.78 is 5.26. The van der Waals surface area contributed by atoms with Gasteiger partial charge in [-0.25, -0.2) is 9.78 Å². The Morgan fingerprint density at radius 3 is 2.68 bits per heavy atom. The molecule has 1 aromatic heterocycles. The molecule has 1 heterocycles. The Morgan fingerprint density at radius 2 is 2.05 bits per heavy atom. The lowest BCUT2D eigenvalue weighted by atomic mass is 10.1. The van der Waals surface area contributed by atoms with Crippen molar-refractivity contribution < 1.29 is 14.6 Å². The number of rotatable bonds is 3. The third-order valence-corrected chi connectivity index (χ3v) is 2.87. The number of aromatic nitrogens is 1. The minimum Gasteiger partial charge on any atom is -0.496 e. The molecule has 0 saturated carbocycles. The van der Waals surface area contributed by atoms with E-state index in [4.69, 9.17) is 21.4 Å². The number of aromatic carboxylic acids is 1. The zero-order valence-corrected chi connectivity index (χ0v) is 11.2. The lowest BCUT2D eigenvalue weighted by Crippen LogP contribution is -1.99. The van der Waals surface area contributed by atoms with E-state index >= 15 is 0 Å². The van der Waals surface area contributed by atoms with Crippen molar-refractivity contribution in [3.63, 3.8) is 0 Å². The van der Waals surface area contributed by atoms with Gasteiger partial charge in [-0.3, -0.25) is 0 Å². The monoisotopic (exact) mass is 277 g/mol. The summed E-state index contributed by atoms with van der Waals surface area (Å²) in [5, 5.41) is 9.18. The van der Waals surface area contributed by atoms with E-state index in [1.54, 1.807) is 7.11 Å². The minimum absolute atomic E-state index is 0.0959. The largest absolute Gasteiger partial charge is 0.496 e. The van der Waals surface area contributed by atoms with E-state index in [2.05, 4.69) is 4.98 Å². The van der Waals surface area contributed by atoms with Gasteiger partial charge in [0.15, 0.2) is 0 Å². The SMILES string of the molecule is COc1ccc(C)cc1-c1cc(C(=O)O)cc(Cl)n1. The summed E-state index contributed by atoms with van der Waals surface area (Å²) in [7, 11) is 1.55. The van der Waals surface area contributed by atoms with Crippen LogP contribution in [0.15, 0.2) is 30.3 Å². The lowest BCUT2D eigenvalue weighted by molar-refractivity contribution is 0.0697. The molecule has 0 fully saturated rings. The van der Waals surface area contributed by atoms with Gasteiger partial charge in [0, 0.05) is 5.56 Å². The van der Waals surface area contributed by atoms with E-state index in [0.29, 0.717) is 17.0 Å². The Bertz CT molecular complexity index is 641. The highest BCUT2D eigenvalue weighted by Crippen LogP contribution is 2.31. The van der Waals surface area contributed by atoms with E-state index in [9.17, 15) is 4.79 Å². The van der Waals surface area contributed by atoms with Gasteiger partial charge in [-0.1, -0.05) is 23.2 Å². The van der Waals surface area contributed by atoms with Crippen LogP contribution in [0, 0.1) is 6.92 Å². The van der Waals surface area contributed by atoms with Gasteiger partial charge in [0.05, 0.1) is 18.4 Å². The maximum atomic E-state index is 11.0. The molecule has 0 saturated heterocycles. The van der Waals surface area contributed by atoms with E-state index in [1.807, 2.05) is 25.1 Å². The first-order valence-electron chi connectivity index (χ1n) is 5.57. The van der Waals surface area contributed by atoms with Crippen molar-refractivity contribution in [1.82, 2.24) is 4.98 Å². The number of hydrogen-bond donors (Lipinski definition) is 1. The molecule has 1 N–H and O–H groups in total. The van der Waals surface area contributed by atoms with Crippen LogP contribution in [0.4, 0.5) is 0 Å². The topological polar surface area (TPSA) is 59.4 Å². The highest BCUT2D eigenvalue weighted by Gasteiger charge is 2.12. The molecule has 0 aliphatic heterocycles. The zero-order valence-electron chi connectivity index (χ0n) is 10.5. The van der Waals surface area contributed by atoms with Gasteiger partial charge in [0.2, 0.25) is 0 Å². The van der Waals surface area contributed by atoms with Gasteiger partial charge in [-0.15, -0.1) is 0 Å². The Hall–Kier alpha value is -2.07. The second-order valence-electron chi connectivity index (χ2n) is 4.07. The molecule has 0 bridgehead atoms. The number of ether oxygens (including phenoxy) is 1. The van der Waals surface area contributed by atoms with Crippen LogP contribution in [0.25, 0.3) is 11.3 Å². The second-order valence-corrected chi connectivity index (χ2v) is 4.46. The van der Waals surface area contributed by atoms with Crippen molar-refractivity contribution in [3.8, 4) is 17.0 Å². The minimum atomic E-state index is -1.04. The van der Waals surface area contributed by atoms with Crippen LogP contribution in [0.3, 0.4) is 0 Å². The van der Waals surface area contributed by atoms with Crippen molar-refractivity contribution in [2.24, 2.45) is 0 Å². The molecule has 4 nitrogen and oxygen atoms in total. The van der Waals surface area contributed by atoms with Gasteiger partial charge in [-0.05, 0) is 31.2 Å². The standard InChI is InChI=1S/C14H12ClNO3/c1-8-3-4-12(19-2)10(5-8)11-6-9(14(17)18)7-13(15)16-11/h3-7H,1-2H3,(H,17,18). The molecule has 2 rings (SSSR count). The first-order chi connectivity index (χ1) is 9.01. The van der Waals surface area contributed by atoms with Gasteiger partial charge >= 0.3 is 5.97 Å². The zero-order chi connectivity index (χ0) is 14.0. The van der Waals surface area contributed by atoms with E-state index in [1.165, 1.54) is 12.1 Å². The molecule has 98 valence electrons. The van der Waals surface area contributed by atoms with Crippen LogP contribution in [0.5, 0.6) is 5.75 Å². The molecule has 5 heteroatoms. The van der Waals surface area contributed by atoms with Crippen LogP contribution in [0.1, 0.15) is 15.9 Å². The number of pyridine rings is 1. The summed E-state index contributed by atoms with van der Waals surface area (Å²) >= 11 is 5.86. The Morgan fingerprint density at radius 1 is 1.32 bits per heavy atom. The number of carbonyl (C=O) groups is 1. The number of halogens is 1. The van der Waals surface area contributed by atoms with Crippen molar-refractivity contribution in [3.05, 3.63) is 46.6 Å². The van der Waals surface area contributed by atoms with Gasteiger partial charge in [-0.2, -0.15) is 0 Å². The van der Waals surface area contributed by atoms with Crippen LogP contribution in [-0.2, 0) is 0 Å². The fourth-order valence-electron chi connectivity index (χ4n) is 1.78. The van der Waals surface area contributed by atoms with Gasteiger partial charge < -0.3 is 9.84 Å². The third kappa shape index (κ3) is 2.85. The number of benzene rings is 1.